The molecule has 0 aromatic heterocycles. The van der Waals surface area contributed by atoms with E-state index in [9.17, 15) is 4.79 Å². The summed E-state index contributed by atoms with van der Waals surface area (Å²) in [5, 5.41) is 2.82. The number of amides is 2. The van der Waals surface area contributed by atoms with E-state index >= 15 is 0 Å². The lowest BCUT2D eigenvalue weighted by Crippen LogP contribution is -2.47. The molecule has 0 heterocycles. The molecule has 3 N–H and O–H groups in total. The summed E-state index contributed by atoms with van der Waals surface area (Å²) in [7, 11) is 0. The minimum atomic E-state index is -0.393. The van der Waals surface area contributed by atoms with Gasteiger partial charge in [0.15, 0.2) is 0 Å². The van der Waals surface area contributed by atoms with E-state index in [2.05, 4.69) is 64.2 Å². The van der Waals surface area contributed by atoms with Crippen LogP contribution in [0.1, 0.15) is 77.3 Å². The van der Waals surface area contributed by atoms with Crippen LogP contribution in [-0.2, 0) is 6.42 Å². The maximum Gasteiger partial charge on any atom is 0.312 e. The van der Waals surface area contributed by atoms with Gasteiger partial charge in [-0.05, 0) is 66.4 Å². The fraction of sp³-hybridized carbons (Fsp3) is 0.682. The van der Waals surface area contributed by atoms with Gasteiger partial charge in [-0.1, -0.05) is 58.9 Å². The first-order chi connectivity index (χ1) is 11.7. The van der Waals surface area contributed by atoms with Crippen molar-refractivity contribution in [2.75, 3.05) is 0 Å². The van der Waals surface area contributed by atoms with Gasteiger partial charge in [0.25, 0.3) is 0 Å². The number of hydrogen-bond donors (Lipinski definition) is 2. The summed E-state index contributed by atoms with van der Waals surface area (Å²) in [5.74, 6) is 2.03. The molecule has 0 radical (unpaired) electrons. The molecular weight excluding hydrogens is 308 g/mol. The van der Waals surface area contributed by atoms with E-state index in [0.29, 0.717) is 17.8 Å². The zero-order valence-electron chi connectivity index (χ0n) is 16.6. The fourth-order valence-corrected chi connectivity index (χ4v) is 4.65. The Morgan fingerprint density at radius 2 is 2.00 bits per heavy atom. The Morgan fingerprint density at radius 1 is 1.32 bits per heavy atom. The van der Waals surface area contributed by atoms with E-state index < -0.39 is 6.03 Å². The highest BCUT2D eigenvalue weighted by Crippen LogP contribution is 2.39. The molecule has 1 atom stereocenters. The molecular formula is C22H36N2O. The van der Waals surface area contributed by atoms with Gasteiger partial charge in [0.05, 0.1) is 0 Å². The second-order valence-electron chi connectivity index (χ2n) is 9.09. The molecule has 1 aromatic rings. The normalized spacial score (nSPS) is 21.7. The second-order valence-corrected chi connectivity index (χ2v) is 9.09. The van der Waals surface area contributed by atoms with Crippen molar-refractivity contribution in [3.05, 3.63) is 35.4 Å². The predicted molar refractivity (Wildman–Crippen MR) is 106 cm³/mol. The molecule has 1 unspecified atom stereocenters. The number of urea groups is 1. The number of nitrogens with one attached hydrogen (secondary N) is 1. The lowest BCUT2D eigenvalue weighted by Gasteiger charge is -2.40. The zero-order chi connectivity index (χ0) is 18.6. The second kappa shape index (κ2) is 8.25. The molecule has 2 rings (SSSR count). The van der Waals surface area contributed by atoms with Crippen LogP contribution >= 0.6 is 0 Å². The standard InChI is InChI=1S/C22H36N2O/c1-6-20(15(2)3)18-9-7-8-16(10-18)13-22(4,5)14-17-11-19(12-17)24-21(23)25/h7-10,15,17,19-20H,6,11-14H2,1-5H3,(H3,23,24,25). The quantitative estimate of drug-likeness (QED) is 0.665. The Hall–Kier alpha value is -1.51. The third-order valence-electron chi connectivity index (χ3n) is 5.73. The smallest absolute Gasteiger partial charge is 0.312 e. The number of rotatable bonds is 8. The lowest BCUT2D eigenvalue weighted by molar-refractivity contribution is 0.151. The van der Waals surface area contributed by atoms with E-state index in [1.54, 1.807) is 0 Å². The number of carbonyl (C=O) groups excluding carboxylic acids is 1. The van der Waals surface area contributed by atoms with E-state index in [-0.39, 0.29) is 11.5 Å². The van der Waals surface area contributed by atoms with Crippen molar-refractivity contribution < 1.29 is 4.79 Å². The van der Waals surface area contributed by atoms with Crippen molar-refractivity contribution in [1.82, 2.24) is 5.32 Å². The maximum absolute atomic E-state index is 10.9. The third-order valence-corrected chi connectivity index (χ3v) is 5.73. The summed E-state index contributed by atoms with van der Waals surface area (Å²) in [6, 6.07) is 9.11. The summed E-state index contributed by atoms with van der Waals surface area (Å²) >= 11 is 0. The molecule has 1 aromatic carbocycles. The Balaban J connectivity index is 1.93. The highest BCUT2D eigenvalue weighted by molar-refractivity contribution is 5.72. The molecule has 1 fully saturated rings. The molecule has 2 amide bonds. The minimum Gasteiger partial charge on any atom is -0.352 e. The molecule has 0 spiro atoms. The molecule has 1 aliphatic rings. The van der Waals surface area contributed by atoms with Crippen LogP contribution in [0.15, 0.2) is 24.3 Å². The fourth-order valence-electron chi connectivity index (χ4n) is 4.65. The van der Waals surface area contributed by atoms with E-state index in [1.807, 2.05) is 0 Å². The summed E-state index contributed by atoms with van der Waals surface area (Å²) < 4.78 is 0. The van der Waals surface area contributed by atoms with Gasteiger partial charge in [0.2, 0.25) is 0 Å². The molecule has 25 heavy (non-hydrogen) atoms. The number of carbonyl (C=O) groups is 1. The van der Waals surface area contributed by atoms with Crippen LogP contribution in [-0.4, -0.2) is 12.1 Å². The van der Waals surface area contributed by atoms with Gasteiger partial charge in [-0.25, -0.2) is 4.79 Å². The van der Waals surface area contributed by atoms with Crippen LogP contribution in [0.25, 0.3) is 0 Å². The first-order valence-electron chi connectivity index (χ1n) is 9.85. The van der Waals surface area contributed by atoms with Crippen LogP contribution in [0.2, 0.25) is 0 Å². The van der Waals surface area contributed by atoms with Crippen molar-refractivity contribution in [3.63, 3.8) is 0 Å². The summed E-state index contributed by atoms with van der Waals surface area (Å²) in [5.41, 5.74) is 8.41. The molecule has 1 saturated carbocycles. The van der Waals surface area contributed by atoms with E-state index in [4.69, 9.17) is 5.73 Å². The first-order valence-corrected chi connectivity index (χ1v) is 9.85. The van der Waals surface area contributed by atoms with Crippen LogP contribution < -0.4 is 11.1 Å². The topological polar surface area (TPSA) is 55.1 Å². The van der Waals surface area contributed by atoms with Gasteiger partial charge in [-0.2, -0.15) is 0 Å². The van der Waals surface area contributed by atoms with Crippen LogP contribution in [0.5, 0.6) is 0 Å². The summed E-state index contributed by atoms with van der Waals surface area (Å²) in [6.45, 7) is 11.7. The molecule has 3 heteroatoms. The molecule has 1 aliphatic carbocycles. The lowest BCUT2D eigenvalue weighted by atomic mass is 9.69. The summed E-state index contributed by atoms with van der Waals surface area (Å²) in [4.78, 5) is 10.9. The highest BCUT2D eigenvalue weighted by atomic mass is 16.2. The van der Waals surface area contributed by atoms with Gasteiger partial charge in [0.1, 0.15) is 0 Å². The molecule has 0 aliphatic heterocycles. The van der Waals surface area contributed by atoms with Crippen LogP contribution in [0, 0.1) is 17.3 Å². The average molecular weight is 345 g/mol. The van der Waals surface area contributed by atoms with Crippen molar-refractivity contribution >= 4 is 6.03 Å². The number of primary amides is 1. The monoisotopic (exact) mass is 344 g/mol. The largest absolute Gasteiger partial charge is 0.352 e. The van der Waals surface area contributed by atoms with Crippen LogP contribution in [0.3, 0.4) is 0 Å². The molecule has 0 saturated heterocycles. The molecule has 0 bridgehead atoms. The van der Waals surface area contributed by atoms with Gasteiger partial charge >= 0.3 is 6.03 Å². The van der Waals surface area contributed by atoms with Crippen LogP contribution in [0.4, 0.5) is 4.79 Å². The van der Waals surface area contributed by atoms with E-state index in [0.717, 1.165) is 19.3 Å². The summed E-state index contributed by atoms with van der Waals surface area (Å²) in [6.07, 6.45) is 5.64. The Morgan fingerprint density at radius 3 is 2.56 bits per heavy atom. The predicted octanol–water partition coefficient (Wildman–Crippen LogP) is 5.24. The highest BCUT2D eigenvalue weighted by Gasteiger charge is 2.34. The number of nitrogens with two attached hydrogens (primary N) is 1. The third kappa shape index (κ3) is 5.76. The maximum atomic E-state index is 10.9. The number of hydrogen-bond acceptors (Lipinski definition) is 1. The van der Waals surface area contributed by atoms with Crippen molar-refractivity contribution in [3.8, 4) is 0 Å². The van der Waals surface area contributed by atoms with Gasteiger partial charge in [0, 0.05) is 6.04 Å². The average Bonchev–Trinajstić information content (AvgIpc) is 2.44. The van der Waals surface area contributed by atoms with Crippen molar-refractivity contribution in [2.45, 2.75) is 78.7 Å². The van der Waals surface area contributed by atoms with Gasteiger partial charge in [-0.15, -0.1) is 0 Å². The van der Waals surface area contributed by atoms with Gasteiger partial charge in [-0.3, -0.25) is 0 Å². The Kier molecular flexibility index (Phi) is 6.53. The van der Waals surface area contributed by atoms with Crippen molar-refractivity contribution in [1.29, 1.82) is 0 Å². The minimum absolute atomic E-state index is 0.278. The Bertz CT molecular complexity index is 573. The van der Waals surface area contributed by atoms with E-state index in [1.165, 1.54) is 24.0 Å². The van der Waals surface area contributed by atoms with Crippen molar-refractivity contribution in [2.24, 2.45) is 23.0 Å². The molecule has 3 nitrogen and oxygen atoms in total. The number of benzene rings is 1. The molecule has 140 valence electrons. The van der Waals surface area contributed by atoms with Gasteiger partial charge < -0.3 is 11.1 Å². The first kappa shape index (κ1) is 19.8. The zero-order valence-corrected chi connectivity index (χ0v) is 16.6. The SMILES string of the molecule is CCC(c1cccc(CC(C)(C)CC2CC(NC(N)=O)C2)c1)C(C)C. The Labute approximate surface area is 153 Å².